The van der Waals surface area contributed by atoms with Gasteiger partial charge in [0.05, 0.1) is 0 Å². The van der Waals surface area contributed by atoms with Crippen LogP contribution < -0.4 is 5.32 Å². The smallest absolute Gasteiger partial charge is 0.408 e. The average Bonchev–Trinajstić information content (AvgIpc) is 3.24. The molecule has 1 aromatic carbocycles. The van der Waals surface area contributed by atoms with Crippen LogP contribution in [-0.4, -0.2) is 28.7 Å². The first kappa shape index (κ1) is 23.7. The average molecular weight is 529 g/mol. The molecule has 0 aliphatic carbocycles. The van der Waals surface area contributed by atoms with Crippen molar-refractivity contribution in [2.24, 2.45) is 5.92 Å². The number of nitrogens with one attached hydrogen (secondary N) is 1. The van der Waals surface area contributed by atoms with Crippen LogP contribution in [0.4, 0.5) is 4.79 Å². The molecule has 0 fully saturated rings. The van der Waals surface area contributed by atoms with Crippen LogP contribution in [0.2, 0.25) is 0 Å². The fraction of sp³-hybridized carbons (Fsp3) is 0.381. The van der Waals surface area contributed by atoms with Gasteiger partial charge < -0.3 is 23.9 Å². The summed E-state index contributed by atoms with van der Waals surface area (Å²) < 4.78 is 20.8. The molecule has 0 saturated carbocycles. The lowest BCUT2D eigenvalue weighted by Crippen LogP contribution is -2.46. The topological polar surface area (TPSA) is 104 Å². The monoisotopic (exact) mass is 529 g/mol. The summed E-state index contributed by atoms with van der Waals surface area (Å²) in [6.45, 7) is 3.65. The van der Waals surface area contributed by atoms with Crippen molar-refractivity contribution in [1.82, 2.24) is 5.32 Å². The summed E-state index contributed by atoms with van der Waals surface area (Å²) in [5.41, 5.74) is 0.838. The summed E-state index contributed by atoms with van der Waals surface area (Å²) in [5.74, 6) is -1.07. The predicted octanol–water partition coefficient (Wildman–Crippen LogP) is 4.21. The first-order valence-electron chi connectivity index (χ1n) is 9.40. The molecule has 0 spiro atoms. The minimum absolute atomic E-state index is 0.0267. The van der Waals surface area contributed by atoms with E-state index in [-0.39, 0.29) is 29.5 Å². The molecule has 8 nitrogen and oxygen atoms in total. The molecule has 0 aliphatic rings. The predicted molar refractivity (Wildman–Crippen MR) is 116 cm³/mol. The van der Waals surface area contributed by atoms with Crippen LogP contribution in [-0.2, 0) is 32.2 Å². The van der Waals surface area contributed by atoms with Crippen molar-refractivity contribution in [3.63, 3.8) is 0 Å². The first-order valence-corrected chi connectivity index (χ1v) is 10.9. The van der Waals surface area contributed by atoms with Gasteiger partial charge in [0, 0.05) is 0 Å². The van der Waals surface area contributed by atoms with Gasteiger partial charge in [0.25, 0.3) is 0 Å². The highest BCUT2D eigenvalue weighted by Gasteiger charge is 2.28. The molecule has 2 rings (SSSR count). The maximum absolute atomic E-state index is 12.5. The van der Waals surface area contributed by atoms with E-state index in [0.717, 1.165) is 5.56 Å². The van der Waals surface area contributed by atoms with Gasteiger partial charge in [-0.1, -0.05) is 50.6 Å². The quantitative estimate of drug-likeness (QED) is 0.213. The van der Waals surface area contributed by atoms with Gasteiger partial charge in [0.15, 0.2) is 0 Å². The molecule has 1 unspecified atom stereocenters. The molecule has 30 heavy (non-hydrogen) atoms. The van der Waals surface area contributed by atoms with Crippen LogP contribution in [0.1, 0.15) is 42.1 Å². The van der Waals surface area contributed by atoms with Crippen LogP contribution >= 0.6 is 22.6 Å². The number of benzene rings is 1. The fourth-order valence-corrected chi connectivity index (χ4v) is 2.76. The molecule has 0 saturated heterocycles. The van der Waals surface area contributed by atoms with Gasteiger partial charge in [0.2, 0.25) is 5.76 Å². The second kappa shape index (κ2) is 12.2. The molecule has 1 N–H and O–H groups in total. The number of alkyl carbamates (subject to hydrolysis) is 1. The third-order valence-electron chi connectivity index (χ3n) is 4.36. The van der Waals surface area contributed by atoms with Crippen molar-refractivity contribution in [2.75, 3.05) is 4.61 Å². The summed E-state index contributed by atoms with van der Waals surface area (Å²) >= 11 is 1.90. The summed E-state index contributed by atoms with van der Waals surface area (Å²) in [5, 5.41) is 2.57. The number of carbonyl (C=O) groups excluding carboxylic acids is 3. The van der Waals surface area contributed by atoms with Crippen LogP contribution in [0.3, 0.4) is 0 Å². The Balaban J connectivity index is 1.90. The minimum Gasteiger partial charge on any atom is -0.456 e. The van der Waals surface area contributed by atoms with Crippen molar-refractivity contribution in [3.8, 4) is 0 Å². The Bertz CT molecular complexity index is 837. The molecule has 2 atom stereocenters. The molecule has 9 heteroatoms. The Morgan fingerprint density at radius 1 is 1.03 bits per heavy atom. The van der Waals surface area contributed by atoms with E-state index in [4.69, 9.17) is 18.6 Å². The highest BCUT2D eigenvalue weighted by atomic mass is 127. The lowest BCUT2D eigenvalue weighted by molar-refractivity contribution is -0.149. The number of amides is 1. The number of alkyl halides is 1. The van der Waals surface area contributed by atoms with Crippen molar-refractivity contribution in [3.05, 3.63) is 59.5 Å². The Morgan fingerprint density at radius 3 is 2.43 bits per heavy atom. The maximum Gasteiger partial charge on any atom is 0.408 e. The Morgan fingerprint density at radius 2 is 1.77 bits per heavy atom. The van der Waals surface area contributed by atoms with E-state index in [9.17, 15) is 14.4 Å². The molecular weight excluding hydrogens is 505 g/mol. The molecule has 1 heterocycles. The van der Waals surface area contributed by atoms with Crippen molar-refractivity contribution < 1.29 is 33.0 Å². The van der Waals surface area contributed by atoms with Crippen LogP contribution in [0.5, 0.6) is 0 Å². The normalized spacial score (nSPS) is 12.5. The number of carbonyl (C=O) groups is 3. The Labute approximate surface area is 188 Å². The second-order valence-electron chi connectivity index (χ2n) is 6.48. The lowest BCUT2D eigenvalue weighted by atomic mass is 9.99. The molecule has 1 amide bonds. The summed E-state index contributed by atoms with van der Waals surface area (Å²) in [7, 11) is 0. The van der Waals surface area contributed by atoms with E-state index in [0.29, 0.717) is 12.2 Å². The van der Waals surface area contributed by atoms with Gasteiger partial charge in [-0.05, 0) is 46.2 Å². The van der Waals surface area contributed by atoms with E-state index in [2.05, 4.69) is 5.32 Å². The van der Waals surface area contributed by atoms with E-state index in [1.807, 2.05) is 66.8 Å². The van der Waals surface area contributed by atoms with Gasteiger partial charge in [-0.25, -0.2) is 14.4 Å². The molecule has 0 bridgehead atoms. The zero-order valence-electron chi connectivity index (χ0n) is 16.8. The Hall–Kier alpha value is -2.56. The van der Waals surface area contributed by atoms with Gasteiger partial charge in [0.1, 0.15) is 29.6 Å². The third-order valence-corrected chi connectivity index (χ3v) is 4.67. The molecule has 0 radical (unpaired) electrons. The second-order valence-corrected chi connectivity index (χ2v) is 7.11. The highest BCUT2D eigenvalue weighted by Crippen LogP contribution is 2.14. The standard InChI is InChI=1S/C21H24INO7/c1-3-14(2)18(23-21(26)28-11-15-7-5-4-6-8-15)20(25)27-12-16-9-10-17(30-16)19(24)29-13-22/h4-10,14,18H,3,11-13H2,1-2H3,(H,23,26)/t14?,18-/m0/s1. The zero-order chi connectivity index (χ0) is 21.9. The SMILES string of the molecule is CCC(C)[C@H](NC(=O)OCc1ccccc1)C(=O)OCc1ccc(C(=O)OCI)o1. The molecule has 2 aromatic rings. The van der Waals surface area contributed by atoms with Crippen LogP contribution in [0.25, 0.3) is 0 Å². The van der Waals surface area contributed by atoms with E-state index < -0.39 is 24.1 Å². The third kappa shape index (κ3) is 7.36. The van der Waals surface area contributed by atoms with Gasteiger partial charge in [-0.15, -0.1) is 0 Å². The van der Waals surface area contributed by atoms with Crippen molar-refractivity contribution in [2.45, 2.75) is 39.5 Å². The number of hydrogen-bond acceptors (Lipinski definition) is 7. The summed E-state index contributed by atoms with van der Waals surface area (Å²) in [6, 6.07) is 11.3. The van der Waals surface area contributed by atoms with E-state index in [1.54, 1.807) is 0 Å². The number of furan rings is 1. The maximum atomic E-state index is 12.5. The van der Waals surface area contributed by atoms with Gasteiger partial charge in [-0.3, -0.25) is 0 Å². The lowest BCUT2D eigenvalue weighted by Gasteiger charge is -2.22. The van der Waals surface area contributed by atoms with Crippen LogP contribution in [0, 0.1) is 5.92 Å². The molecule has 162 valence electrons. The number of rotatable bonds is 10. The highest BCUT2D eigenvalue weighted by molar-refractivity contribution is 14.1. The largest absolute Gasteiger partial charge is 0.456 e. The summed E-state index contributed by atoms with van der Waals surface area (Å²) in [6.07, 6.45) is -0.0610. The van der Waals surface area contributed by atoms with E-state index in [1.165, 1.54) is 12.1 Å². The minimum atomic E-state index is -0.878. The van der Waals surface area contributed by atoms with Gasteiger partial charge in [-0.2, -0.15) is 0 Å². The van der Waals surface area contributed by atoms with Crippen molar-refractivity contribution >= 4 is 40.6 Å². The molecule has 0 aliphatic heterocycles. The van der Waals surface area contributed by atoms with E-state index >= 15 is 0 Å². The number of hydrogen-bond donors (Lipinski definition) is 1. The Kier molecular flexibility index (Phi) is 9.65. The fourth-order valence-electron chi connectivity index (χ4n) is 2.48. The number of halogens is 1. The number of ether oxygens (including phenoxy) is 3. The molecular formula is C21H24INO7. The first-order chi connectivity index (χ1) is 14.4. The summed E-state index contributed by atoms with van der Waals surface area (Å²) in [4.78, 5) is 36.3. The number of esters is 2. The van der Waals surface area contributed by atoms with Crippen molar-refractivity contribution in [1.29, 1.82) is 0 Å². The zero-order valence-corrected chi connectivity index (χ0v) is 18.9. The van der Waals surface area contributed by atoms with Gasteiger partial charge >= 0.3 is 18.0 Å². The van der Waals surface area contributed by atoms with Crippen LogP contribution in [0.15, 0.2) is 46.9 Å². The molecule has 1 aromatic heterocycles.